The lowest BCUT2D eigenvalue weighted by atomic mass is 10.0. The molecule has 1 aromatic carbocycles. The molecular weight excluding hydrogens is 271 g/mol. The van der Waals surface area contributed by atoms with Crippen molar-refractivity contribution in [1.82, 2.24) is 4.90 Å². The van der Waals surface area contributed by atoms with E-state index < -0.39 is 17.6 Å². The van der Waals surface area contributed by atoms with Gasteiger partial charge in [0.25, 0.3) is 0 Å². The van der Waals surface area contributed by atoms with Crippen LogP contribution in [0.4, 0.5) is 13.2 Å². The summed E-state index contributed by atoms with van der Waals surface area (Å²) < 4.78 is 42.9. The third-order valence-electron chi connectivity index (χ3n) is 2.80. The van der Waals surface area contributed by atoms with Crippen molar-refractivity contribution in [2.24, 2.45) is 0 Å². The lowest BCUT2D eigenvalue weighted by Crippen LogP contribution is -2.50. The van der Waals surface area contributed by atoms with Gasteiger partial charge in [-0.3, -0.25) is 4.79 Å². The second-order valence-corrected chi connectivity index (χ2v) is 5.41. The number of methoxy groups -OCH3 is 1. The van der Waals surface area contributed by atoms with E-state index in [2.05, 4.69) is 0 Å². The Bertz CT molecular complexity index is 461. The second kappa shape index (κ2) is 5.73. The van der Waals surface area contributed by atoms with Gasteiger partial charge >= 0.3 is 12.1 Å². The largest absolute Gasteiger partial charge is 0.497 e. The van der Waals surface area contributed by atoms with Gasteiger partial charge in [0.15, 0.2) is 0 Å². The monoisotopic (exact) mass is 289 g/mol. The number of hydrogen-bond acceptors (Lipinski definition) is 2. The fourth-order valence-corrected chi connectivity index (χ4v) is 1.68. The predicted molar refractivity (Wildman–Crippen MR) is 69.4 cm³/mol. The van der Waals surface area contributed by atoms with Crippen LogP contribution in [0.5, 0.6) is 5.75 Å². The number of carbonyl (C=O) groups excluding carboxylic acids is 1. The molecule has 3 nitrogen and oxygen atoms in total. The number of ether oxygens (including phenoxy) is 1. The minimum absolute atomic E-state index is 0.105. The molecule has 0 atom stereocenters. The number of carbonyl (C=O) groups is 1. The molecule has 20 heavy (non-hydrogen) atoms. The first-order valence-corrected chi connectivity index (χ1v) is 6.07. The molecule has 0 radical (unpaired) electrons. The Kier molecular flexibility index (Phi) is 4.68. The van der Waals surface area contributed by atoms with Gasteiger partial charge in [0.1, 0.15) is 5.75 Å². The highest BCUT2D eigenvalue weighted by molar-refractivity contribution is 5.82. The highest BCUT2D eigenvalue weighted by atomic mass is 19.4. The van der Waals surface area contributed by atoms with Gasteiger partial charge in [-0.15, -0.1) is 0 Å². The molecule has 0 aliphatic rings. The zero-order valence-electron chi connectivity index (χ0n) is 11.9. The number of nitrogens with zero attached hydrogens (tertiary/aromatic N) is 1. The lowest BCUT2D eigenvalue weighted by Gasteiger charge is -2.36. The Morgan fingerprint density at radius 3 is 2.00 bits per heavy atom. The Hall–Kier alpha value is -1.72. The molecule has 0 saturated carbocycles. The van der Waals surface area contributed by atoms with Gasteiger partial charge in [-0.1, -0.05) is 12.1 Å². The van der Waals surface area contributed by atoms with Crippen molar-refractivity contribution in [1.29, 1.82) is 0 Å². The lowest BCUT2D eigenvalue weighted by molar-refractivity contribution is -0.191. The Morgan fingerprint density at radius 2 is 1.65 bits per heavy atom. The molecule has 1 rings (SSSR count). The standard InChI is InChI=1S/C14H18F3NO2/c1-13(2,3)18(12(19)14(15,16)17)9-10-5-7-11(20-4)8-6-10/h5-8H,9H2,1-4H3. The third kappa shape index (κ3) is 4.15. The molecule has 0 saturated heterocycles. The maximum Gasteiger partial charge on any atom is 0.471 e. The van der Waals surface area contributed by atoms with E-state index in [-0.39, 0.29) is 6.54 Å². The number of alkyl halides is 3. The molecule has 0 bridgehead atoms. The first kappa shape index (κ1) is 16.3. The average Bonchev–Trinajstić information content (AvgIpc) is 2.33. The molecule has 0 aliphatic heterocycles. The number of hydrogen-bond donors (Lipinski definition) is 0. The summed E-state index contributed by atoms with van der Waals surface area (Å²) >= 11 is 0. The molecular formula is C14H18F3NO2. The zero-order chi connectivity index (χ0) is 15.6. The van der Waals surface area contributed by atoms with Crippen molar-refractivity contribution in [2.45, 2.75) is 39.0 Å². The summed E-state index contributed by atoms with van der Waals surface area (Å²) in [6.07, 6.45) is -4.88. The van der Waals surface area contributed by atoms with E-state index in [1.807, 2.05) is 0 Å². The zero-order valence-corrected chi connectivity index (χ0v) is 11.9. The Labute approximate surface area is 116 Å². The quantitative estimate of drug-likeness (QED) is 0.853. The van der Waals surface area contributed by atoms with E-state index in [1.165, 1.54) is 7.11 Å². The van der Waals surface area contributed by atoms with Crippen LogP contribution in [-0.2, 0) is 11.3 Å². The molecule has 6 heteroatoms. The van der Waals surface area contributed by atoms with Crippen molar-refractivity contribution >= 4 is 5.91 Å². The summed E-state index contributed by atoms with van der Waals surface area (Å²) in [5.74, 6) is -1.22. The number of halogens is 3. The van der Waals surface area contributed by atoms with Gasteiger partial charge in [-0.2, -0.15) is 13.2 Å². The first-order chi connectivity index (χ1) is 9.05. The van der Waals surface area contributed by atoms with E-state index in [0.29, 0.717) is 11.3 Å². The van der Waals surface area contributed by atoms with Crippen LogP contribution in [0.3, 0.4) is 0 Å². The SMILES string of the molecule is COc1ccc(CN(C(=O)C(F)(F)F)C(C)(C)C)cc1. The molecule has 1 aromatic rings. The van der Waals surface area contributed by atoms with Crippen LogP contribution in [0.15, 0.2) is 24.3 Å². The van der Waals surface area contributed by atoms with Crippen LogP contribution < -0.4 is 4.74 Å². The van der Waals surface area contributed by atoms with Gasteiger partial charge in [-0.05, 0) is 38.5 Å². The van der Waals surface area contributed by atoms with Crippen LogP contribution in [-0.4, -0.2) is 29.6 Å². The van der Waals surface area contributed by atoms with E-state index in [4.69, 9.17) is 4.74 Å². The van der Waals surface area contributed by atoms with Gasteiger partial charge in [0, 0.05) is 12.1 Å². The van der Waals surface area contributed by atoms with E-state index in [0.717, 1.165) is 4.90 Å². The highest BCUT2D eigenvalue weighted by Gasteiger charge is 2.45. The molecule has 1 amide bonds. The summed E-state index contributed by atoms with van der Waals surface area (Å²) in [5.41, 5.74) is -0.315. The maximum atomic E-state index is 12.6. The Balaban J connectivity index is 2.98. The van der Waals surface area contributed by atoms with Crippen LogP contribution >= 0.6 is 0 Å². The fraction of sp³-hybridized carbons (Fsp3) is 0.500. The minimum atomic E-state index is -4.88. The van der Waals surface area contributed by atoms with Gasteiger partial charge in [-0.25, -0.2) is 0 Å². The molecule has 112 valence electrons. The van der Waals surface area contributed by atoms with E-state index in [9.17, 15) is 18.0 Å². The van der Waals surface area contributed by atoms with Crippen molar-refractivity contribution in [3.8, 4) is 5.75 Å². The van der Waals surface area contributed by atoms with Crippen molar-refractivity contribution in [3.63, 3.8) is 0 Å². The summed E-state index contributed by atoms with van der Waals surface area (Å²) in [5, 5.41) is 0. The number of rotatable bonds is 3. The predicted octanol–water partition coefficient (Wildman–Crippen LogP) is 3.38. The van der Waals surface area contributed by atoms with Crippen molar-refractivity contribution in [3.05, 3.63) is 29.8 Å². The summed E-state index contributed by atoms with van der Waals surface area (Å²) in [6, 6.07) is 6.57. The minimum Gasteiger partial charge on any atom is -0.497 e. The van der Waals surface area contributed by atoms with E-state index >= 15 is 0 Å². The number of benzene rings is 1. The Morgan fingerprint density at radius 1 is 1.15 bits per heavy atom. The average molecular weight is 289 g/mol. The summed E-state index contributed by atoms with van der Waals surface area (Å²) in [6.45, 7) is 4.60. The topological polar surface area (TPSA) is 29.5 Å². The van der Waals surface area contributed by atoms with Crippen LogP contribution in [0.2, 0.25) is 0 Å². The highest BCUT2D eigenvalue weighted by Crippen LogP contribution is 2.26. The molecule has 0 fully saturated rings. The molecule has 0 spiro atoms. The molecule has 0 aromatic heterocycles. The summed E-state index contributed by atoms with van der Waals surface area (Å²) in [4.78, 5) is 12.3. The second-order valence-electron chi connectivity index (χ2n) is 5.41. The van der Waals surface area contributed by atoms with E-state index in [1.54, 1.807) is 45.0 Å². The van der Waals surface area contributed by atoms with Crippen molar-refractivity contribution < 1.29 is 22.7 Å². The smallest absolute Gasteiger partial charge is 0.471 e. The van der Waals surface area contributed by atoms with Crippen LogP contribution in [0.25, 0.3) is 0 Å². The maximum absolute atomic E-state index is 12.6. The number of amides is 1. The van der Waals surface area contributed by atoms with Gasteiger partial charge < -0.3 is 9.64 Å². The molecule has 0 N–H and O–H groups in total. The van der Waals surface area contributed by atoms with Gasteiger partial charge in [0.2, 0.25) is 0 Å². The molecule has 0 heterocycles. The molecule has 0 aliphatic carbocycles. The van der Waals surface area contributed by atoms with Crippen molar-refractivity contribution in [2.75, 3.05) is 7.11 Å². The summed E-state index contributed by atoms with van der Waals surface area (Å²) in [7, 11) is 1.50. The van der Waals surface area contributed by atoms with Gasteiger partial charge in [0.05, 0.1) is 7.11 Å². The molecule has 0 unspecified atom stereocenters. The normalized spacial score (nSPS) is 12.2. The first-order valence-electron chi connectivity index (χ1n) is 6.07. The van der Waals surface area contributed by atoms with Crippen LogP contribution in [0.1, 0.15) is 26.3 Å². The third-order valence-corrected chi connectivity index (χ3v) is 2.80. The van der Waals surface area contributed by atoms with Crippen LogP contribution in [0, 0.1) is 0 Å². The fourth-order valence-electron chi connectivity index (χ4n) is 1.68.